The third-order valence-electron chi connectivity index (χ3n) is 4.16. The molecule has 0 fully saturated rings. The Morgan fingerprint density at radius 1 is 1.05 bits per heavy atom. The van der Waals surface area contributed by atoms with Gasteiger partial charge in [0, 0.05) is 6.54 Å². The van der Waals surface area contributed by atoms with Crippen molar-refractivity contribution >= 4 is 0 Å². The van der Waals surface area contributed by atoms with Gasteiger partial charge >= 0.3 is 0 Å². The molecule has 0 saturated heterocycles. The summed E-state index contributed by atoms with van der Waals surface area (Å²) in [4.78, 5) is 0. The van der Waals surface area contributed by atoms with Crippen molar-refractivity contribution in [2.45, 2.75) is 26.3 Å². The maximum Gasteiger partial charge on any atom is 0.0697 e. The van der Waals surface area contributed by atoms with Crippen LogP contribution in [0.5, 0.6) is 0 Å². The number of fused-ring (bicyclic) bond motifs is 2. The highest BCUT2D eigenvalue weighted by Gasteiger charge is 2.26. The topological polar surface area (TPSA) is 35.8 Å². The highest BCUT2D eigenvalue weighted by molar-refractivity contribution is 5.48. The van der Waals surface area contributed by atoms with E-state index in [1.165, 1.54) is 22.3 Å². The predicted molar refractivity (Wildman–Crippen MR) is 84.9 cm³/mol. The van der Waals surface area contributed by atoms with E-state index in [0.29, 0.717) is 6.54 Å². The number of hydrogen-bond donors (Lipinski definition) is 1. The minimum Gasteiger partial charge on any atom is -0.305 e. The second-order valence-corrected chi connectivity index (χ2v) is 6.38. The van der Waals surface area contributed by atoms with Crippen LogP contribution in [0.25, 0.3) is 0 Å². The first-order valence-electron chi connectivity index (χ1n) is 7.41. The third kappa shape index (κ3) is 2.70. The maximum absolute atomic E-state index is 9.22. The molecule has 1 aliphatic carbocycles. The lowest BCUT2D eigenvalue weighted by Gasteiger charge is -2.31. The minimum absolute atomic E-state index is 0.179. The van der Waals surface area contributed by atoms with Crippen LogP contribution in [0.3, 0.4) is 0 Å². The van der Waals surface area contributed by atoms with Gasteiger partial charge in [0.15, 0.2) is 0 Å². The first-order chi connectivity index (χ1) is 10.1. The average Bonchev–Trinajstić information content (AvgIpc) is 2.51. The first kappa shape index (κ1) is 13.9. The molecule has 2 aromatic rings. The van der Waals surface area contributed by atoms with E-state index in [-0.39, 0.29) is 11.5 Å². The number of nitriles is 1. The highest BCUT2D eigenvalue weighted by atomic mass is 14.9. The Labute approximate surface area is 126 Å². The Hall–Kier alpha value is -2.11. The molecule has 0 saturated carbocycles. The van der Waals surface area contributed by atoms with Crippen LogP contribution in [0.1, 0.15) is 42.1 Å². The van der Waals surface area contributed by atoms with E-state index >= 15 is 0 Å². The summed E-state index contributed by atoms with van der Waals surface area (Å²) < 4.78 is 0. The maximum atomic E-state index is 9.22. The van der Waals surface area contributed by atoms with E-state index in [4.69, 9.17) is 0 Å². The summed E-state index contributed by atoms with van der Waals surface area (Å²) in [5.41, 5.74) is 5.07. The van der Waals surface area contributed by atoms with Crippen LogP contribution in [0.2, 0.25) is 0 Å². The van der Waals surface area contributed by atoms with Crippen LogP contribution in [-0.4, -0.2) is 6.54 Å². The fourth-order valence-electron chi connectivity index (χ4n) is 2.94. The Bertz CT molecular complexity index is 649. The molecule has 0 atom stereocenters. The molecule has 0 amide bonds. The molecule has 0 spiro atoms. The summed E-state index contributed by atoms with van der Waals surface area (Å²) in [5, 5.41) is 12.8. The van der Waals surface area contributed by atoms with Gasteiger partial charge in [-0.15, -0.1) is 0 Å². The van der Waals surface area contributed by atoms with Gasteiger partial charge in [-0.1, -0.05) is 48.5 Å². The van der Waals surface area contributed by atoms with Crippen LogP contribution in [0.15, 0.2) is 48.5 Å². The van der Waals surface area contributed by atoms with Crippen molar-refractivity contribution in [3.8, 4) is 6.07 Å². The minimum atomic E-state index is -0.360. The van der Waals surface area contributed by atoms with Gasteiger partial charge in [0.25, 0.3) is 0 Å². The zero-order chi connectivity index (χ0) is 14.9. The molecule has 2 heteroatoms. The van der Waals surface area contributed by atoms with Crippen LogP contribution >= 0.6 is 0 Å². The summed E-state index contributed by atoms with van der Waals surface area (Å²) in [7, 11) is 0. The molecule has 0 bridgehead atoms. The van der Waals surface area contributed by atoms with Gasteiger partial charge < -0.3 is 5.32 Å². The molecule has 0 aromatic heterocycles. The summed E-state index contributed by atoms with van der Waals surface area (Å²) in [6.45, 7) is 4.62. The van der Waals surface area contributed by atoms with E-state index in [9.17, 15) is 5.26 Å². The van der Waals surface area contributed by atoms with E-state index in [1.54, 1.807) is 0 Å². The van der Waals surface area contributed by atoms with Crippen LogP contribution < -0.4 is 5.32 Å². The Kier molecular flexibility index (Phi) is 3.53. The fourth-order valence-corrected chi connectivity index (χ4v) is 2.94. The average molecular weight is 276 g/mol. The third-order valence-corrected chi connectivity index (χ3v) is 4.16. The lowest BCUT2D eigenvalue weighted by Crippen LogP contribution is -2.34. The van der Waals surface area contributed by atoms with Crippen LogP contribution in [0, 0.1) is 16.7 Å². The Morgan fingerprint density at radius 3 is 2.10 bits per heavy atom. The number of hydrogen-bond acceptors (Lipinski definition) is 2. The summed E-state index contributed by atoms with van der Waals surface area (Å²) in [5.74, 6) is 0. The number of nitrogens with one attached hydrogen (secondary N) is 1. The molecule has 1 aliphatic rings. The molecule has 2 aromatic carbocycles. The van der Waals surface area contributed by atoms with Crippen molar-refractivity contribution in [2.75, 3.05) is 6.54 Å². The standard InChI is InChI=1S/C19H20N2/c1-19(2,12-20)13-21-18-16-9-5-3-7-14(16)11-15-8-4-6-10-17(15)18/h3-10,18,21H,11,13H2,1-2H3. The summed E-state index contributed by atoms with van der Waals surface area (Å²) in [6.07, 6.45) is 0.992. The lowest BCUT2D eigenvalue weighted by molar-refractivity contribution is 0.421. The molecule has 1 N–H and O–H groups in total. The van der Waals surface area contributed by atoms with Crippen molar-refractivity contribution in [3.05, 3.63) is 70.8 Å². The van der Waals surface area contributed by atoms with Gasteiger partial charge in [0.2, 0.25) is 0 Å². The summed E-state index contributed by atoms with van der Waals surface area (Å²) in [6, 6.07) is 19.7. The molecule has 0 aliphatic heterocycles. The normalized spacial score (nSPS) is 14.1. The highest BCUT2D eigenvalue weighted by Crippen LogP contribution is 2.35. The SMILES string of the molecule is CC(C)(C#N)CNC1c2ccccc2Cc2ccccc21. The number of nitrogens with zero attached hydrogens (tertiary/aromatic N) is 1. The largest absolute Gasteiger partial charge is 0.305 e. The van der Waals surface area contributed by atoms with Crippen molar-refractivity contribution in [1.29, 1.82) is 5.26 Å². The Balaban J connectivity index is 1.97. The van der Waals surface area contributed by atoms with Crippen molar-refractivity contribution in [2.24, 2.45) is 5.41 Å². The van der Waals surface area contributed by atoms with Crippen molar-refractivity contribution < 1.29 is 0 Å². The predicted octanol–water partition coefficient (Wildman–Crippen LogP) is 3.82. The monoisotopic (exact) mass is 276 g/mol. The molecule has 3 rings (SSSR count). The molecular formula is C19H20N2. The van der Waals surface area contributed by atoms with E-state index in [0.717, 1.165) is 6.42 Å². The van der Waals surface area contributed by atoms with Gasteiger partial charge in [-0.3, -0.25) is 0 Å². The van der Waals surface area contributed by atoms with Gasteiger partial charge in [-0.25, -0.2) is 0 Å². The summed E-state index contributed by atoms with van der Waals surface area (Å²) >= 11 is 0. The lowest BCUT2D eigenvalue weighted by atomic mass is 9.82. The second kappa shape index (κ2) is 5.35. The molecule has 0 radical (unpaired) electrons. The zero-order valence-electron chi connectivity index (χ0n) is 12.6. The molecule has 0 unspecified atom stereocenters. The fraction of sp³-hybridized carbons (Fsp3) is 0.316. The second-order valence-electron chi connectivity index (χ2n) is 6.38. The smallest absolute Gasteiger partial charge is 0.0697 e. The Morgan fingerprint density at radius 2 is 1.57 bits per heavy atom. The van der Waals surface area contributed by atoms with Crippen molar-refractivity contribution in [3.63, 3.8) is 0 Å². The molecule has 106 valence electrons. The van der Waals surface area contributed by atoms with Gasteiger partial charge in [-0.2, -0.15) is 5.26 Å². The molecule has 2 nitrogen and oxygen atoms in total. The van der Waals surface area contributed by atoms with Crippen LogP contribution in [0.4, 0.5) is 0 Å². The van der Waals surface area contributed by atoms with Crippen LogP contribution in [-0.2, 0) is 6.42 Å². The first-order valence-corrected chi connectivity index (χ1v) is 7.41. The quantitative estimate of drug-likeness (QED) is 0.925. The molecular weight excluding hydrogens is 256 g/mol. The van der Waals surface area contributed by atoms with Gasteiger partial charge in [0.1, 0.15) is 0 Å². The van der Waals surface area contributed by atoms with E-state index in [2.05, 4.69) is 59.9 Å². The zero-order valence-corrected chi connectivity index (χ0v) is 12.6. The number of rotatable bonds is 3. The van der Waals surface area contributed by atoms with E-state index in [1.807, 2.05) is 13.8 Å². The molecule has 0 heterocycles. The molecule has 21 heavy (non-hydrogen) atoms. The van der Waals surface area contributed by atoms with Gasteiger partial charge in [-0.05, 0) is 42.5 Å². The van der Waals surface area contributed by atoms with Gasteiger partial charge in [0.05, 0.1) is 17.5 Å². The van der Waals surface area contributed by atoms with E-state index < -0.39 is 0 Å². The number of benzene rings is 2. The van der Waals surface area contributed by atoms with Crippen molar-refractivity contribution in [1.82, 2.24) is 5.32 Å².